The highest BCUT2D eigenvalue weighted by Gasteiger charge is 2.11. The molecular weight excluding hydrogens is 363 g/mol. The van der Waals surface area contributed by atoms with Gasteiger partial charge >= 0.3 is 0 Å². The van der Waals surface area contributed by atoms with E-state index in [1.807, 2.05) is 18.2 Å². The molecule has 0 radical (unpaired) electrons. The maximum absolute atomic E-state index is 12.0. The zero-order valence-electron chi connectivity index (χ0n) is 15.2. The van der Waals surface area contributed by atoms with Crippen molar-refractivity contribution >= 4 is 26.5 Å². The molecule has 0 aliphatic carbocycles. The van der Waals surface area contributed by atoms with E-state index in [0.717, 1.165) is 38.6 Å². The van der Waals surface area contributed by atoms with Gasteiger partial charge in [-0.3, -0.25) is 4.40 Å². The Balaban J connectivity index is 1.54. The lowest BCUT2D eigenvalue weighted by Gasteiger charge is -2.06. The summed E-state index contributed by atoms with van der Waals surface area (Å²) in [5.74, 6) is 0.784. The summed E-state index contributed by atoms with van der Waals surface area (Å²) < 4.78 is 26.0. The van der Waals surface area contributed by atoms with Crippen LogP contribution in [0.4, 0.5) is 4.39 Å². The Labute approximate surface area is 161 Å². The minimum absolute atomic E-state index is 0.119. The van der Waals surface area contributed by atoms with Gasteiger partial charge in [0.1, 0.15) is 19.0 Å². The van der Waals surface area contributed by atoms with E-state index in [1.165, 1.54) is 5.56 Å². The van der Waals surface area contributed by atoms with Gasteiger partial charge in [-0.1, -0.05) is 42.5 Å². The topological polar surface area (TPSA) is 35.8 Å². The Morgan fingerprint density at radius 1 is 1.07 bits per heavy atom. The van der Waals surface area contributed by atoms with Crippen LogP contribution in [-0.2, 0) is 11.2 Å². The minimum Gasteiger partial charge on any atom is -0.491 e. The molecule has 0 amide bonds. The molecule has 4 nitrogen and oxygen atoms in total. The number of alkyl halides is 1. The van der Waals surface area contributed by atoms with Gasteiger partial charge in [-0.2, -0.15) is 0 Å². The van der Waals surface area contributed by atoms with Crippen molar-refractivity contribution in [3.8, 4) is 17.0 Å². The maximum atomic E-state index is 12.0. The number of imidazole rings is 1. The van der Waals surface area contributed by atoms with Crippen LogP contribution in [0.25, 0.3) is 26.4 Å². The second-order valence-electron chi connectivity index (χ2n) is 6.21. The largest absolute Gasteiger partial charge is 0.491 e. The highest BCUT2D eigenvalue weighted by atomic mass is 32.1. The number of aryl methyl sites for hydroxylation is 1. The van der Waals surface area contributed by atoms with E-state index in [0.29, 0.717) is 13.2 Å². The smallest absolute Gasteiger partial charge is 0.195 e. The summed E-state index contributed by atoms with van der Waals surface area (Å²) >= 11 is 1.64. The molecule has 0 fully saturated rings. The normalized spacial score (nSPS) is 11.5. The number of rotatable bonds is 8. The molecule has 27 heavy (non-hydrogen) atoms. The molecule has 0 spiro atoms. The Morgan fingerprint density at radius 2 is 1.93 bits per heavy atom. The van der Waals surface area contributed by atoms with Gasteiger partial charge in [0.15, 0.2) is 4.96 Å². The Bertz CT molecular complexity index is 1040. The van der Waals surface area contributed by atoms with E-state index in [9.17, 15) is 4.39 Å². The van der Waals surface area contributed by atoms with Crippen molar-refractivity contribution in [2.24, 2.45) is 0 Å². The number of thiazole rings is 1. The average molecular weight is 384 g/mol. The summed E-state index contributed by atoms with van der Waals surface area (Å²) in [6.45, 7) is 2.60. The summed E-state index contributed by atoms with van der Waals surface area (Å²) in [5, 5.41) is 0. The van der Waals surface area contributed by atoms with Crippen molar-refractivity contribution in [2.75, 3.05) is 26.5 Å². The summed E-state index contributed by atoms with van der Waals surface area (Å²) in [6.07, 6.45) is 3.12. The fourth-order valence-corrected chi connectivity index (χ4v) is 4.03. The van der Waals surface area contributed by atoms with Crippen LogP contribution in [0, 0.1) is 0 Å². The zero-order chi connectivity index (χ0) is 18.6. The van der Waals surface area contributed by atoms with Gasteiger partial charge in [0.25, 0.3) is 0 Å². The molecule has 0 N–H and O–H groups in total. The molecule has 0 aliphatic heterocycles. The molecule has 2 heterocycles. The number of nitrogens with zero attached hydrogens (tertiary/aromatic N) is 2. The van der Waals surface area contributed by atoms with Crippen LogP contribution in [0.15, 0.2) is 48.7 Å². The lowest BCUT2D eigenvalue weighted by atomic mass is 10.1. The molecular formula is C21H21FN2O2S. The second kappa shape index (κ2) is 8.06. The van der Waals surface area contributed by atoms with Crippen LogP contribution < -0.4 is 4.74 Å². The van der Waals surface area contributed by atoms with Gasteiger partial charge in [0.2, 0.25) is 0 Å². The molecule has 0 atom stereocenters. The number of benzene rings is 2. The van der Waals surface area contributed by atoms with Crippen LogP contribution in [0.2, 0.25) is 0 Å². The molecule has 0 aliphatic rings. The number of hydrogen-bond acceptors (Lipinski definition) is 4. The molecule has 6 heteroatoms. The van der Waals surface area contributed by atoms with Crippen molar-refractivity contribution in [1.29, 1.82) is 0 Å². The van der Waals surface area contributed by atoms with Gasteiger partial charge in [-0.25, -0.2) is 9.37 Å². The maximum Gasteiger partial charge on any atom is 0.195 e. The predicted octanol–water partition coefficient (Wildman–Crippen LogP) is 5.14. The van der Waals surface area contributed by atoms with E-state index < -0.39 is 6.67 Å². The standard InChI is InChI=1S/C21H21FN2O2S/c1-2-15-3-5-16(6-4-15)18-14-24-19-8-7-17(26-12-11-25-10-9-22)13-20(19)27-21(24)23-18/h3-8,13-14H,2,9-12H2,1H3. The lowest BCUT2D eigenvalue weighted by Crippen LogP contribution is -2.08. The number of hydrogen-bond donors (Lipinski definition) is 0. The first-order valence-electron chi connectivity index (χ1n) is 9.06. The highest BCUT2D eigenvalue weighted by Crippen LogP contribution is 2.31. The van der Waals surface area contributed by atoms with Crippen molar-refractivity contribution in [1.82, 2.24) is 9.38 Å². The van der Waals surface area contributed by atoms with Crippen LogP contribution in [0.1, 0.15) is 12.5 Å². The lowest BCUT2D eigenvalue weighted by molar-refractivity contribution is 0.0897. The predicted molar refractivity (Wildman–Crippen MR) is 108 cm³/mol. The molecule has 0 saturated carbocycles. The van der Waals surface area contributed by atoms with E-state index in [2.05, 4.69) is 41.8 Å². The summed E-state index contributed by atoms with van der Waals surface area (Å²) in [6, 6.07) is 14.6. The van der Waals surface area contributed by atoms with Crippen molar-refractivity contribution in [2.45, 2.75) is 13.3 Å². The fourth-order valence-electron chi connectivity index (χ4n) is 3.00. The van der Waals surface area contributed by atoms with E-state index in [1.54, 1.807) is 11.3 Å². The van der Waals surface area contributed by atoms with Gasteiger partial charge in [0.05, 0.1) is 29.1 Å². The Hall–Kier alpha value is -2.44. The van der Waals surface area contributed by atoms with E-state index in [-0.39, 0.29) is 6.61 Å². The van der Waals surface area contributed by atoms with Crippen LogP contribution in [-0.4, -0.2) is 35.9 Å². The second-order valence-corrected chi connectivity index (χ2v) is 7.22. The van der Waals surface area contributed by atoms with Crippen LogP contribution >= 0.6 is 11.3 Å². The van der Waals surface area contributed by atoms with Crippen molar-refractivity contribution < 1.29 is 13.9 Å². The molecule has 0 unspecified atom stereocenters. The zero-order valence-corrected chi connectivity index (χ0v) is 16.0. The molecule has 0 saturated heterocycles. The molecule has 2 aromatic carbocycles. The highest BCUT2D eigenvalue weighted by molar-refractivity contribution is 7.23. The first kappa shape index (κ1) is 17.9. The number of aromatic nitrogens is 2. The number of fused-ring (bicyclic) bond motifs is 3. The number of halogens is 1. The summed E-state index contributed by atoms with van der Waals surface area (Å²) in [4.78, 5) is 5.75. The minimum atomic E-state index is -0.467. The van der Waals surface area contributed by atoms with Crippen molar-refractivity contribution in [3.05, 3.63) is 54.2 Å². The van der Waals surface area contributed by atoms with Crippen molar-refractivity contribution in [3.63, 3.8) is 0 Å². The van der Waals surface area contributed by atoms with Gasteiger partial charge in [-0.15, -0.1) is 0 Å². The third kappa shape index (κ3) is 3.82. The van der Waals surface area contributed by atoms with E-state index >= 15 is 0 Å². The first-order chi connectivity index (χ1) is 13.3. The van der Waals surface area contributed by atoms with Gasteiger partial charge < -0.3 is 9.47 Å². The number of ether oxygens (including phenoxy) is 2. The Morgan fingerprint density at radius 3 is 2.70 bits per heavy atom. The molecule has 0 bridgehead atoms. The van der Waals surface area contributed by atoms with Gasteiger partial charge in [0, 0.05) is 11.8 Å². The Kier molecular flexibility index (Phi) is 5.36. The molecule has 140 valence electrons. The van der Waals surface area contributed by atoms with Crippen LogP contribution in [0.5, 0.6) is 5.75 Å². The molecule has 4 aromatic rings. The monoisotopic (exact) mass is 384 g/mol. The first-order valence-corrected chi connectivity index (χ1v) is 9.87. The third-order valence-corrected chi connectivity index (χ3v) is 5.46. The third-order valence-electron chi connectivity index (χ3n) is 4.44. The fraction of sp³-hybridized carbons (Fsp3) is 0.286. The van der Waals surface area contributed by atoms with Crippen LogP contribution in [0.3, 0.4) is 0 Å². The van der Waals surface area contributed by atoms with Gasteiger partial charge in [-0.05, 0) is 30.2 Å². The summed E-state index contributed by atoms with van der Waals surface area (Å²) in [7, 11) is 0. The average Bonchev–Trinajstić information content (AvgIpc) is 3.25. The van der Waals surface area contributed by atoms with E-state index in [4.69, 9.17) is 14.5 Å². The molecule has 4 rings (SSSR count). The summed E-state index contributed by atoms with van der Waals surface area (Å²) in [5.41, 5.74) is 4.55. The quantitative estimate of drug-likeness (QED) is 0.395. The molecule has 2 aromatic heterocycles. The SMILES string of the molecule is CCc1ccc(-c2cn3c(n2)sc2cc(OCCOCCF)ccc23)cc1.